The monoisotopic (exact) mass is 319 g/mol. The van der Waals surface area contributed by atoms with Crippen molar-refractivity contribution in [3.63, 3.8) is 0 Å². The minimum Gasteiger partial charge on any atom is -0.393 e. The highest BCUT2D eigenvalue weighted by atomic mass is 16.3. The van der Waals surface area contributed by atoms with Crippen LogP contribution in [0.3, 0.4) is 0 Å². The number of carbonyl (C=O) groups excluding carboxylic acids is 2. The predicted molar refractivity (Wildman–Crippen MR) is 89.6 cm³/mol. The number of hydrogen-bond donors (Lipinski definition) is 4. The van der Waals surface area contributed by atoms with E-state index in [-0.39, 0.29) is 24.1 Å². The summed E-state index contributed by atoms with van der Waals surface area (Å²) in [5, 5.41) is 18.0. The van der Waals surface area contributed by atoms with Crippen molar-refractivity contribution < 1.29 is 14.7 Å². The minimum absolute atomic E-state index is 0.0882. The van der Waals surface area contributed by atoms with E-state index in [1.807, 2.05) is 19.9 Å². The van der Waals surface area contributed by atoms with Crippen LogP contribution in [0.5, 0.6) is 0 Å². The van der Waals surface area contributed by atoms with Crippen molar-refractivity contribution in [2.45, 2.75) is 51.7 Å². The van der Waals surface area contributed by atoms with E-state index in [1.165, 1.54) is 0 Å². The molecule has 0 unspecified atom stereocenters. The molecule has 3 amide bonds. The van der Waals surface area contributed by atoms with E-state index < -0.39 is 0 Å². The number of nitrogens with one attached hydrogen (secondary N) is 3. The molecule has 23 heavy (non-hydrogen) atoms. The van der Waals surface area contributed by atoms with Crippen molar-refractivity contribution in [2.75, 3.05) is 11.9 Å². The standard InChI is InChI=1S/C17H25N3O3/c1-3-18-16(22)12-5-4-11(2)15(10-12)20-17(23)19-13-6-8-14(21)9-7-13/h4-5,10,13-14,21H,3,6-9H2,1-2H3,(H,18,22)(H2,19,20,23). The molecule has 0 radical (unpaired) electrons. The Labute approximate surface area is 136 Å². The molecule has 1 aromatic carbocycles. The first kappa shape index (κ1) is 17.3. The highest BCUT2D eigenvalue weighted by Gasteiger charge is 2.21. The lowest BCUT2D eigenvalue weighted by molar-refractivity contribution is 0.0955. The third-order valence-electron chi connectivity index (χ3n) is 4.12. The molecule has 6 nitrogen and oxygen atoms in total. The molecule has 126 valence electrons. The molecular weight excluding hydrogens is 294 g/mol. The zero-order chi connectivity index (χ0) is 16.8. The van der Waals surface area contributed by atoms with Crippen LogP contribution < -0.4 is 16.0 Å². The van der Waals surface area contributed by atoms with Crippen LogP contribution in [0.25, 0.3) is 0 Å². The molecule has 0 heterocycles. The average molecular weight is 319 g/mol. The fourth-order valence-electron chi connectivity index (χ4n) is 2.72. The number of aliphatic hydroxyl groups excluding tert-OH is 1. The van der Waals surface area contributed by atoms with Gasteiger partial charge in [-0.25, -0.2) is 4.79 Å². The van der Waals surface area contributed by atoms with Crippen LogP contribution in [0, 0.1) is 6.92 Å². The van der Waals surface area contributed by atoms with E-state index >= 15 is 0 Å². The van der Waals surface area contributed by atoms with Gasteiger partial charge in [-0.2, -0.15) is 0 Å². The zero-order valence-electron chi connectivity index (χ0n) is 13.7. The quantitative estimate of drug-likeness (QED) is 0.685. The van der Waals surface area contributed by atoms with Gasteiger partial charge in [0, 0.05) is 23.8 Å². The van der Waals surface area contributed by atoms with Crippen molar-refractivity contribution in [1.29, 1.82) is 0 Å². The van der Waals surface area contributed by atoms with Gasteiger partial charge in [0.15, 0.2) is 0 Å². The lowest BCUT2D eigenvalue weighted by Crippen LogP contribution is -2.41. The molecule has 6 heteroatoms. The van der Waals surface area contributed by atoms with E-state index in [4.69, 9.17) is 0 Å². The highest BCUT2D eigenvalue weighted by molar-refractivity contribution is 5.97. The average Bonchev–Trinajstić information content (AvgIpc) is 2.52. The molecule has 4 N–H and O–H groups in total. The summed E-state index contributed by atoms with van der Waals surface area (Å²) >= 11 is 0. The smallest absolute Gasteiger partial charge is 0.319 e. The molecule has 0 atom stereocenters. The van der Waals surface area contributed by atoms with Crippen LogP contribution in [0.4, 0.5) is 10.5 Å². The summed E-state index contributed by atoms with van der Waals surface area (Å²) in [4.78, 5) is 24.0. The number of aliphatic hydroxyl groups is 1. The van der Waals surface area contributed by atoms with Crippen molar-refractivity contribution in [3.05, 3.63) is 29.3 Å². The lowest BCUT2D eigenvalue weighted by atomic mass is 9.93. The van der Waals surface area contributed by atoms with Gasteiger partial charge in [0.2, 0.25) is 0 Å². The summed E-state index contributed by atoms with van der Waals surface area (Å²) < 4.78 is 0. The van der Waals surface area contributed by atoms with E-state index in [2.05, 4.69) is 16.0 Å². The van der Waals surface area contributed by atoms with Crippen molar-refractivity contribution in [3.8, 4) is 0 Å². The van der Waals surface area contributed by atoms with Crippen molar-refractivity contribution >= 4 is 17.6 Å². The molecule has 1 saturated carbocycles. The molecule has 0 saturated heterocycles. The number of aryl methyl sites for hydroxylation is 1. The first-order valence-electron chi connectivity index (χ1n) is 8.14. The van der Waals surface area contributed by atoms with Gasteiger partial charge in [-0.3, -0.25) is 4.79 Å². The Morgan fingerprint density at radius 2 is 1.91 bits per heavy atom. The SMILES string of the molecule is CCNC(=O)c1ccc(C)c(NC(=O)NC2CCC(O)CC2)c1. The summed E-state index contributed by atoms with van der Waals surface area (Å²) in [6.45, 7) is 4.30. The fourth-order valence-corrected chi connectivity index (χ4v) is 2.72. The van der Waals surface area contributed by atoms with Gasteiger partial charge < -0.3 is 21.1 Å². The maximum atomic E-state index is 12.1. The molecule has 0 spiro atoms. The Morgan fingerprint density at radius 3 is 2.57 bits per heavy atom. The van der Waals surface area contributed by atoms with Crippen LogP contribution in [-0.4, -0.2) is 35.7 Å². The molecule has 0 bridgehead atoms. The van der Waals surface area contributed by atoms with Crippen LogP contribution >= 0.6 is 0 Å². The van der Waals surface area contributed by atoms with Crippen LogP contribution in [-0.2, 0) is 0 Å². The molecular formula is C17H25N3O3. The number of anilines is 1. The zero-order valence-corrected chi connectivity index (χ0v) is 13.7. The Balaban J connectivity index is 1.97. The Morgan fingerprint density at radius 1 is 1.22 bits per heavy atom. The minimum atomic E-state index is -0.275. The summed E-state index contributed by atoms with van der Waals surface area (Å²) in [7, 11) is 0. The summed E-state index contributed by atoms with van der Waals surface area (Å²) in [6.07, 6.45) is 2.76. The first-order valence-corrected chi connectivity index (χ1v) is 8.14. The summed E-state index contributed by atoms with van der Waals surface area (Å²) in [5.74, 6) is -0.155. The van der Waals surface area contributed by atoms with Gasteiger partial charge in [0.05, 0.1) is 6.10 Å². The van der Waals surface area contributed by atoms with Crippen molar-refractivity contribution in [2.24, 2.45) is 0 Å². The topological polar surface area (TPSA) is 90.5 Å². The van der Waals surface area contributed by atoms with E-state index in [0.717, 1.165) is 31.2 Å². The van der Waals surface area contributed by atoms with E-state index in [1.54, 1.807) is 12.1 Å². The van der Waals surface area contributed by atoms with Gasteiger partial charge in [0.25, 0.3) is 5.91 Å². The highest BCUT2D eigenvalue weighted by Crippen LogP contribution is 2.20. The second-order valence-electron chi connectivity index (χ2n) is 5.99. The number of benzene rings is 1. The maximum Gasteiger partial charge on any atom is 0.319 e. The first-order chi connectivity index (χ1) is 11.0. The normalized spacial score (nSPS) is 20.7. The van der Waals surface area contributed by atoms with Gasteiger partial charge in [-0.1, -0.05) is 6.07 Å². The predicted octanol–water partition coefficient (Wildman–Crippen LogP) is 2.17. The number of hydrogen-bond acceptors (Lipinski definition) is 3. The van der Waals surface area contributed by atoms with Gasteiger partial charge >= 0.3 is 6.03 Å². The summed E-state index contributed by atoms with van der Waals surface area (Å²) in [6, 6.07) is 5.06. The van der Waals surface area contributed by atoms with Crippen molar-refractivity contribution in [1.82, 2.24) is 10.6 Å². The third kappa shape index (κ3) is 4.96. The fraction of sp³-hybridized carbons (Fsp3) is 0.529. The lowest BCUT2D eigenvalue weighted by Gasteiger charge is -2.26. The Hall–Kier alpha value is -2.08. The van der Waals surface area contributed by atoms with E-state index in [0.29, 0.717) is 17.8 Å². The molecule has 1 fully saturated rings. The number of amides is 3. The van der Waals surface area contributed by atoms with E-state index in [9.17, 15) is 14.7 Å². The third-order valence-corrected chi connectivity index (χ3v) is 4.12. The molecule has 0 aliphatic heterocycles. The maximum absolute atomic E-state index is 12.1. The van der Waals surface area contributed by atoms with Gasteiger partial charge in [0.1, 0.15) is 0 Å². The van der Waals surface area contributed by atoms with Crippen LogP contribution in [0.1, 0.15) is 48.5 Å². The molecule has 1 aliphatic rings. The summed E-state index contributed by atoms with van der Waals surface area (Å²) in [5.41, 5.74) is 2.04. The largest absolute Gasteiger partial charge is 0.393 e. The second-order valence-corrected chi connectivity index (χ2v) is 5.99. The number of urea groups is 1. The Kier molecular flexibility index (Phi) is 5.98. The van der Waals surface area contributed by atoms with Crippen LogP contribution in [0.2, 0.25) is 0 Å². The van der Waals surface area contributed by atoms with Gasteiger partial charge in [-0.15, -0.1) is 0 Å². The van der Waals surface area contributed by atoms with Gasteiger partial charge in [-0.05, 0) is 57.2 Å². The number of rotatable bonds is 4. The van der Waals surface area contributed by atoms with Crippen LogP contribution in [0.15, 0.2) is 18.2 Å². The molecule has 1 aliphatic carbocycles. The Bertz CT molecular complexity index is 566. The molecule has 0 aromatic heterocycles. The number of carbonyl (C=O) groups is 2. The molecule has 2 rings (SSSR count). The molecule has 1 aromatic rings. The second kappa shape index (κ2) is 7.97.